The van der Waals surface area contributed by atoms with Crippen LogP contribution in [0.15, 0.2) is 53.0 Å². The molecule has 0 aliphatic carbocycles. The highest BCUT2D eigenvalue weighted by Gasteiger charge is 2.06. The standard InChI is InChI=1S/C17H17BrN2O3/c1-2-19-17(22)12-3-9-15(10-4-12)23-11-16(21)20-14-7-5-13(18)6-8-14/h3-10H,2,11H2,1H3,(H,19,22)(H,20,21). The molecule has 120 valence electrons. The zero-order valence-corrected chi connectivity index (χ0v) is 14.2. The van der Waals surface area contributed by atoms with Gasteiger partial charge in [0.15, 0.2) is 6.61 Å². The minimum absolute atomic E-state index is 0.101. The molecule has 2 aromatic carbocycles. The number of anilines is 1. The molecular formula is C17H17BrN2O3. The van der Waals surface area contributed by atoms with E-state index in [0.29, 0.717) is 23.5 Å². The zero-order chi connectivity index (χ0) is 16.7. The summed E-state index contributed by atoms with van der Waals surface area (Å²) in [6, 6.07) is 13.9. The van der Waals surface area contributed by atoms with Gasteiger partial charge in [-0.05, 0) is 55.5 Å². The smallest absolute Gasteiger partial charge is 0.262 e. The van der Waals surface area contributed by atoms with Crippen LogP contribution in [0.4, 0.5) is 5.69 Å². The van der Waals surface area contributed by atoms with Gasteiger partial charge >= 0.3 is 0 Å². The molecular weight excluding hydrogens is 360 g/mol. The Morgan fingerprint density at radius 3 is 2.30 bits per heavy atom. The molecule has 2 rings (SSSR count). The van der Waals surface area contributed by atoms with Gasteiger partial charge in [-0.3, -0.25) is 9.59 Å². The Hall–Kier alpha value is -2.34. The fourth-order valence-corrected chi connectivity index (χ4v) is 2.11. The van der Waals surface area contributed by atoms with Crippen LogP contribution in [0.1, 0.15) is 17.3 Å². The number of carbonyl (C=O) groups is 2. The van der Waals surface area contributed by atoms with Crippen LogP contribution in [-0.2, 0) is 4.79 Å². The Bertz CT molecular complexity index is 669. The van der Waals surface area contributed by atoms with Crippen LogP contribution in [-0.4, -0.2) is 25.0 Å². The van der Waals surface area contributed by atoms with Crippen molar-refractivity contribution in [2.75, 3.05) is 18.5 Å². The summed E-state index contributed by atoms with van der Waals surface area (Å²) < 4.78 is 6.35. The number of rotatable bonds is 6. The van der Waals surface area contributed by atoms with E-state index in [-0.39, 0.29) is 18.4 Å². The Labute approximate surface area is 143 Å². The van der Waals surface area contributed by atoms with Crippen molar-refractivity contribution < 1.29 is 14.3 Å². The second kappa shape index (κ2) is 8.33. The Balaban J connectivity index is 1.84. The van der Waals surface area contributed by atoms with Gasteiger partial charge in [-0.25, -0.2) is 0 Å². The second-order valence-electron chi connectivity index (χ2n) is 4.73. The van der Waals surface area contributed by atoms with Crippen LogP contribution in [0, 0.1) is 0 Å². The molecule has 6 heteroatoms. The van der Waals surface area contributed by atoms with E-state index in [1.54, 1.807) is 36.4 Å². The molecule has 0 unspecified atom stereocenters. The summed E-state index contributed by atoms with van der Waals surface area (Å²) in [4.78, 5) is 23.4. The highest BCUT2D eigenvalue weighted by Crippen LogP contribution is 2.15. The van der Waals surface area contributed by atoms with E-state index >= 15 is 0 Å². The summed E-state index contributed by atoms with van der Waals surface area (Å²) in [5.41, 5.74) is 1.26. The van der Waals surface area contributed by atoms with Crippen molar-refractivity contribution in [1.29, 1.82) is 0 Å². The van der Waals surface area contributed by atoms with Crippen molar-refractivity contribution in [3.8, 4) is 5.75 Å². The summed E-state index contributed by atoms with van der Waals surface area (Å²) in [6.45, 7) is 2.34. The van der Waals surface area contributed by atoms with Gasteiger partial charge in [0.05, 0.1) is 0 Å². The van der Waals surface area contributed by atoms with Gasteiger partial charge in [-0.1, -0.05) is 15.9 Å². The number of ether oxygens (including phenoxy) is 1. The predicted molar refractivity (Wildman–Crippen MR) is 92.7 cm³/mol. The van der Waals surface area contributed by atoms with Crippen LogP contribution in [0.3, 0.4) is 0 Å². The van der Waals surface area contributed by atoms with Gasteiger partial charge in [0, 0.05) is 22.3 Å². The van der Waals surface area contributed by atoms with E-state index in [1.165, 1.54) is 0 Å². The third-order valence-corrected chi connectivity index (χ3v) is 3.48. The van der Waals surface area contributed by atoms with Crippen LogP contribution >= 0.6 is 15.9 Å². The Kier molecular flexibility index (Phi) is 6.17. The van der Waals surface area contributed by atoms with E-state index in [1.807, 2.05) is 19.1 Å². The molecule has 0 heterocycles. The third kappa shape index (κ3) is 5.41. The van der Waals surface area contributed by atoms with Gasteiger partial charge in [0.25, 0.3) is 11.8 Å². The quantitative estimate of drug-likeness (QED) is 0.813. The monoisotopic (exact) mass is 376 g/mol. The maximum Gasteiger partial charge on any atom is 0.262 e. The van der Waals surface area contributed by atoms with Crippen molar-refractivity contribution in [2.24, 2.45) is 0 Å². The first kappa shape index (κ1) is 17.0. The molecule has 0 spiro atoms. The first-order valence-corrected chi connectivity index (χ1v) is 7.94. The summed E-state index contributed by atoms with van der Waals surface area (Å²) in [5.74, 6) is 0.149. The van der Waals surface area contributed by atoms with E-state index in [2.05, 4.69) is 26.6 Å². The summed E-state index contributed by atoms with van der Waals surface area (Å²) in [7, 11) is 0. The second-order valence-corrected chi connectivity index (χ2v) is 5.64. The molecule has 2 amide bonds. The van der Waals surface area contributed by atoms with Crippen molar-refractivity contribution in [3.05, 3.63) is 58.6 Å². The number of nitrogens with one attached hydrogen (secondary N) is 2. The molecule has 0 aliphatic rings. The lowest BCUT2D eigenvalue weighted by molar-refractivity contribution is -0.118. The van der Waals surface area contributed by atoms with Crippen molar-refractivity contribution in [3.63, 3.8) is 0 Å². The minimum Gasteiger partial charge on any atom is -0.484 e. The summed E-state index contributed by atoms with van der Waals surface area (Å²) >= 11 is 3.33. The summed E-state index contributed by atoms with van der Waals surface area (Å²) in [5, 5.41) is 5.45. The average Bonchev–Trinajstić information content (AvgIpc) is 2.56. The number of carbonyl (C=O) groups excluding carboxylic acids is 2. The number of hydrogen-bond acceptors (Lipinski definition) is 3. The van der Waals surface area contributed by atoms with Crippen LogP contribution in [0.5, 0.6) is 5.75 Å². The van der Waals surface area contributed by atoms with Crippen LogP contribution < -0.4 is 15.4 Å². The Morgan fingerprint density at radius 1 is 1.04 bits per heavy atom. The first-order valence-electron chi connectivity index (χ1n) is 7.15. The van der Waals surface area contributed by atoms with Gasteiger partial charge in [-0.15, -0.1) is 0 Å². The maximum absolute atomic E-state index is 11.8. The fourth-order valence-electron chi connectivity index (χ4n) is 1.84. The topological polar surface area (TPSA) is 67.4 Å². The molecule has 0 aromatic heterocycles. The molecule has 0 saturated heterocycles. The highest BCUT2D eigenvalue weighted by molar-refractivity contribution is 9.10. The largest absolute Gasteiger partial charge is 0.484 e. The molecule has 2 N–H and O–H groups in total. The lowest BCUT2D eigenvalue weighted by Gasteiger charge is -2.08. The van der Waals surface area contributed by atoms with Gasteiger partial charge in [0.2, 0.25) is 0 Å². The maximum atomic E-state index is 11.8. The van der Waals surface area contributed by atoms with Gasteiger partial charge in [-0.2, -0.15) is 0 Å². The fraction of sp³-hybridized carbons (Fsp3) is 0.176. The first-order chi connectivity index (χ1) is 11.1. The number of hydrogen-bond donors (Lipinski definition) is 2. The molecule has 0 radical (unpaired) electrons. The van der Waals surface area contributed by atoms with Crippen molar-refractivity contribution >= 4 is 33.4 Å². The van der Waals surface area contributed by atoms with E-state index < -0.39 is 0 Å². The lowest BCUT2D eigenvalue weighted by Crippen LogP contribution is -2.22. The average molecular weight is 377 g/mol. The number of halogens is 1. The van der Waals surface area contributed by atoms with E-state index in [9.17, 15) is 9.59 Å². The van der Waals surface area contributed by atoms with Crippen molar-refractivity contribution in [2.45, 2.75) is 6.92 Å². The zero-order valence-electron chi connectivity index (χ0n) is 12.6. The third-order valence-electron chi connectivity index (χ3n) is 2.95. The molecule has 23 heavy (non-hydrogen) atoms. The molecule has 5 nitrogen and oxygen atoms in total. The predicted octanol–water partition coefficient (Wildman–Crippen LogP) is 3.22. The SMILES string of the molecule is CCNC(=O)c1ccc(OCC(=O)Nc2ccc(Br)cc2)cc1. The molecule has 0 aliphatic heterocycles. The number of amides is 2. The van der Waals surface area contributed by atoms with Gasteiger partial charge < -0.3 is 15.4 Å². The molecule has 0 atom stereocenters. The molecule has 0 bridgehead atoms. The molecule has 0 fully saturated rings. The Morgan fingerprint density at radius 2 is 1.70 bits per heavy atom. The molecule has 0 saturated carbocycles. The van der Waals surface area contributed by atoms with Crippen LogP contribution in [0.25, 0.3) is 0 Å². The number of benzene rings is 2. The summed E-state index contributed by atoms with van der Waals surface area (Å²) in [6.07, 6.45) is 0. The van der Waals surface area contributed by atoms with Gasteiger partial charge in [0.1, 0.15) is 5.75 Å². The van der Waals surface area contributed by atoms with Crippen molar-refractivity contribution in [1.82, 2.24) is 5.32 Å². The highest BCUT2D eigenvalue weighted by atomic mass is 79.9. The van der Waals surface area contributed by atoms with Crippen LogP contribution in [0.2, 0.25) is 0 Å². The van der Waals surface area contributed by atoms with E-state index in [0.717, 1.165) is 4.47 Å². The molecule has 2 aromatic rings. The minimum atomic E-state index is -0.250. The lowest BCUT2D eigenvalue weighted by atomic mass is 10.2. The normalized spacial score (nSPS) is 10.0. The van der Waals surface area contributed by atoms with E-state index in [4.69, 9.17) is 4.74 Å².